The first-order valence-electron chi connectivity index (χ1n) is 4.26. The van der Waals surface area contributed by atoms with Gasteiger partial charge in [-0.25, -0.2) is 0 Å². The third-order valence-corrected chi connectivity index (χ3v) is 2.19. The van der Waals surface area contributed by atoms with Gasteiger partial charge in [0.25, 0.3) is 0 Å². The molecule has 0 bridgehead atoms. The normalized spacial score (nSPS) is 15.2. The predicted molar refractivity (Wildman–Crippen MR) is 52.9 cm³/mol. The van der Waals surface area contributed by atoms with Gasteiger partial charge in [0.15, 0.2) is 0 Å². The summed E-state index contributed by atoms with van der Waals surface area (Å²) < 4.78 is 0. The molecule has 1 aliphatic rings. The fourth-order valence-corrected chi connectivity index (χ4v) is 1.53. The predicted octanol–water partition coefficient (Wildman–Crippen LogP) is 2.70. The molecule has 2 N–H and O–H groups in total. The van der Waals surface area contributed by atoms with Gasteiger partial charge in [0.05, 0.1) is 5.69 Å². The van der Waals surface area contributed by atoms with Crippen LogP contribution in [0.5, 0.6) is 0 Å². The highest BCUT2D eigenvalue weighted by molar-refractivity contribution is 5.54. The van der Waals surface area contributed by atoms with E-state index in [1.807, 2.05) is 36.4 Å². The van der Waals surface area contributed by atoms with Crippen LogP contribution in [0.1, 0.15) is 11.5 Å². The topological polar surface area (TPSA) is 32.3 Å². The summed E-state index contributed by atoms with van der Waals surface area (Å²) in [6.45, 7) is 0. The van der Waals surface area contributed by atoms with E-state index in [9.17, 15) is 0 Å². The zero-order valence-electron chi connectivity index (χ0n) is 7.14. The number of allylic oxidation sites excluding steroid dienone is 4. The van der Waals surface area contributed by atoms with E-state index in [4.69, 9.17) is 5.21 Å². The van der Waals surface area contributed by atoms with E-state index in [0.717, 1.165) is 11.3 Å². The van der Waals surface area contributed by atoms with Gasteiger partial charge in [-0.3, -0.25) is 10.7 Å². The number of hydrogen-bond donors (Lipinski definition) is 2. The number of hydrogen-bond acceptors (Lipinski definition) is 2. The summed E-state index contributed by atoms with van der Waals surface area (Å²) >= 11 is 0. The van der Waals surface area contributed by atoms with Crippen molar-refractivity contribution >= 4 is 5.69 Å². The summed E-state index contributed by atoms with van der Waals surface area (Å²) in [6, 6.07) is 7.72. The van der Waals surface area contributed by atoms with Crippen LogP contribution in [-0.4, -0.2) is 5.21 Å². The zero-order valence-corrected chi connectivity index (χ0v) is 7.14. The van der Waals surface area contributed by atoms with Crippen LogP contribution < -0.4 is 5.48 Å². The summed E-state index contributed by atoms with van der Waals surface area (Å²) in [5.41, 5.74) is 4.06. The Labute approximate surface area is 77.2 Å². The van der Waals surface area contributed by atoms with Crippen molar-refractivity contribution in [2.45, 2.75) is 5.92 Å². The Morgan fingerprint density at radius 2 is 1.77 bits per heavy atom. The summed E-state index contributed by atoms with van der Waals surface area (Å²) in [7, 11) is 0. The lowest BCUT2D eigenvalue weighted by Gasteiger charge is -2.10. The molecule has 0 aliphatic heterocycles. The fraction of sp³-hybridized carbons (Fsp3) is 0.0909. The van der Waals surface area contributed by atoms with Crippen molar-refractivity contribution in [2.24, 2.45) is 0 Å². The molecule has 1 aromatic carbocycles. The molecule has 0 heterocycles. The van der Waals surface area contributed by atoms with E-state index in [0.29, 0.717) is 0 Å². The van der Waals surface area contributed by atoms with E-state index >= 15 is 0 Å². The largest absolute Gasteiger partial charge is 0.291 e. The first-order chi connectivity index (χ1) is 6.42. The van der Waals surface area contributed by atoms with Gasteiger partial charge in [0.1, 0.15) is 0 Å². The lowest BCUT2D eigenvalue weighted by Crippen LogP contribution is -1.97. The van der Waals surface area contributed by atoms with Gasteiger partial charge in [-0.05, 0) is 11.6 Å². The monoisotopic (exact) mass is 173 g/mol. The van der Waals surface area contributed by atoms with E-state index in [1.165, 1.54) is 0 Å². The van der Waals surface area contributed by atoms with Gasteiger partial charge >= 0.3 is 0 Å². The molecule has 2 nitrogen and oxygen atoms in total. The van der Waals surface area contributed by atoms with E-state index in [-0.39, 0.29) is 5.92 Å². The molecule has 0 unspecified atom stereocenters. The minimum absolute atomic E-state index is 0.288. The van der Waals surface area contributed by atoms with Crippen molar-refractivity contribution in [3.05, 3.63) is 54.1 Å². The summed E-state index contributed by atoms with van der Waals surface area (Å²) in [5.74, 6) is 0.288. The van der Waals surface area contributed by atoms with E-state index < -0.39 is 0 Å². The summed E-state index contributed by atoms with van der Waals surface area (Å²) in [4.78, 5) is 0. The molecule has 2 rings (SSSR count). The molecule has 1 aromatic rings. The summed E-state index contributed by atoms with van der Waals surface area (Å²) in [5, 5.41) is 8.88. The molecule has 0 spiro atoms. The highest BCUT2D eigenvalue weighted by Crippen LogP contribution is 2.28. The second kappa shape index (κ2) is 3.46. The molecular formula is C11H11NO. The SMILES string of the molecule is ONc1ccccc1C1C=CC=C1. The molecule has 1 aliphatic carbocycles. The zero-order chi connectivity index (χ0) is 9.10. The van der Waals surface area contributed by atoms with Gasteiger partial charge in [-0.15, -0.1) is 0 Å². The Balaban J connectivity index is 2.38. The first kappa shape index (κ1) is 8.08. The summed E-state index contributed by atoms with van der Waals surface area (Å²) in [6.07, 6.45) is 8.21. The van der Waals surface area contributed by atoms with Crippen LogP contribution in [-0.2, 0) is 0 Å². The fourth-order valence-electron chi connectivity index (χ4n) is 1.53. The van der Waals surface area contributed by atoms with Crippen LogP contribution in [0, 0.1) is 0 Å². The lowest BCUT2D eigenvalue weighted by molar-refractivity contribution is 0.388. The molecular weight excluding hydrogens is 162 g/mol. The Morgan fingerprint density at radius 3 is 2.46 bits per heavy atom. The molecule has 0 amide bonds. The quantitative estimate of drug-likeness (QED) is 0.674. The number of nitrogens with one attached hydrogen (secondary N) is 1. The Hall–Kier alpha value is -1.54. The molecule has 0 saturated carbocycles. The maximum atomic E-state index is 8.88. The minimum Gasteiger partial charge on any atom is -0.291 e. The molecule has 13 heavy (non-hydrogen) atoms. The molecule has 0 radical (unpaired) electrons. The van der Waals surface area contributed by atoms with Gasteiger partial charge < -0.3 is 0 Å². The van der Waals surface area contributed by atoms with Crippen molar-refractivity contribution in [3.8, 4) is 0 Å². The minimum atomic E-state index is 0.288. The van der Waals surface area contributed by atoms with Crippen LogP contribution in [0.15, 0.2) is 48.6 Å². The average Bonchev–Trinajstić information content (AvgIpc) is 2.70. The third kappa shape index (κ3) is 1.48. The average molecular weight is 173 g/mol. The highest BCUT2D eigenvalue weighted by atomic mass is 16.5. The Bertz CT molecular complexity index is 343. The molecule has 2 heteroatoms. The van der Waals surface area contributed by atoms with Crippen molar-refractivity contribution < 1.29 is 5.21 Å². The van der Waals surface area contributed by atoms with Crippen LogP contribution in [0.25, 0.3) is 0 Å². The first-order valence-corrected chi connectivity index (χ1v) is 4.26. The molecule has 0 aromatic heterocycles. The standard InChI is InChI=1S/C11H11NO/c13-12-11-8-4-3-7-10(11)9-5-1-2-6-9/h1-9,12-13H. The maximum absolute atomic E-state index is 8.88. The second-order valence-electron chi connectivity index (χ2n) is 2.99. The smallest absolute Gasteiger partial charge is 0.0643 e. The van der Waals surface area contributed by atoms with Crippen molar-refractivity contribution in [1.82, 2.24) is 0 Å². The molecule has 0 atom stereocenters. The van der Waals surface area contributed by atoms with Crippen LogP contribution in [0.3, 0.4) is 0 Å². The maximum Gasteiger partial charge on any atom is 0.0643 e. The highest BCUT2D eigenvalue weighted by Gasteiger charge is 2.10. The lowest BCUT2D eigenvalue weighted by atomic mass is 9.99. The van der Waals surface area contributed by atoms with Crippen molar-refractivity contribution in [1.29, 1.82) is 0 Å². The van der Waals surface area contributed by atoms with E-state index in [1.54, 1.807) is 0 Å². The van der Waals surface area contributed by atoms with E-state index in [2.05, 4.69) is 17.6 Å². The van der Waals surface area contributed by atoms with Crippen molar-refractivity contribution in [2.75, 3.05) is 5.48 Å². The van der Waals surface area contributed by atoms with Crippen LogP contribution in [0.2, 0.25) is 0 Å². The van der Waals surface area contributed by atoms with Gasteiger partial charge in [-0.1, -0.05) is 42.5 Å². The Morgan fingerprint density at radius 1 is 1.08 bits per heavy atom. The number of anilines is 1. The number of para-hydroxylation sites is 1. The second-order valence-corrected chi connectivity index (χ2v) is 2.99. The van der Waals surface area contributed by atoms with Gasteiger partial charge in [0, 0.05) is 5.92 Å². The number of rotatable bonds is 2. The molecule has 0 fully saturated rings. The molecule has 66 valence electrons. The van der Waals surface area contributed by atoms with Gasteiger partial charge in [-0.2, -0.15) is 0 Å². The van der Waals surface area contributed by atoms with Crippen molar-refractivity contribution in [3.63, 3.8) is 0 Å². The third-order valence-electron chi connectivity index (χ3n) is 2.19. The van der Waals surface area contributed by atoms with Crippen LogP contribution >= 0.6 is 0 Å². The number of benzene rings is 1. The molecule has 0 saturated heterocycles. The van der Waals surface area contributed by atoms with Crippen LogP contribution in [0.4, 0.5) is 5.69 Å². The Kier molecular flexibility index (Phi) is 2.15. The van der Waals surface area contributed by atoms with Gasteiger partial charge in [0.2, 0.25) is 0 Å².